The highest BCUT2D eigenvalue weighted by molar-refractivity contribution is 5.97. The van der Waals surface area contributed by atoms with Crippen LogP contribution in [0.4, 0.5) is 0 Å². The van der Waals surface area contributed by atoms with Crippen LogP contribution in [-0.2, 0) is 17.6 Å². The summed E-state index contributed by atoms with van der Waals surface area (Å²) in [5, 5.41) is 21.9. The molecule has 8 nitrogen and oxygen atoms in total. The zero-order valence-electron chi connectivity index (χ0n) is 19.5. The molecule has 33 heavy (non-hydrogen) atoms. The first kappa shape index (κ1) is 25.8. The number of carboxylic acids is 1. The minimum absolute atomic E-state index is 0.0488. The number of amides is 1. The molecule has 0 saturated carbocycles. The lowest BCUT2D eigenvalue weighted by Crippen LogP contribution is -2.18. The molecule has 0 aliphatic heterocycles. The van der Waals surface area contributed by atoms with Crippen molar-refractivity contribution in [1.82, 2.24) is 5.32 Å². The highest BCUT2D eigenvalue weighted by atomic mass is 16.5. The Morgan fingerprint density at radius 2 is 1.45 bits per heavy atom. The van der Waals surface area contributed by atoms with Gasteiger partial charge in [-0.05, 0) is 37.1 Å². The summed E-state index contributed by atoms with van der Waals surface area (Å²) in [6, 6.07) is 8.62. The Morgan fingerprint density at radius 1 is 0.879 bits per heavy atom. The Balaban J connectivity index is 1.99. The summed E-state index contributed by atoms with van der Waals surface area (Å²) in [6.45, 7) is 4.38. The van der Waals surface area contributed by atoms with Crippen LogP contribution in [0.3, 0.4) is 0 Å². The van der Waals surface area contributed by atoms with Gasteiger partial charge in [0.25, 0.3) is 5.91 Å². The topological polar surface area (TPSA) is 114 Å². The van der Waals surface area contributed by atoms with Gasteiger partial charge in [-0.3, -0.25) is 4.79 Å². The summed E-state index contributed by atoms with van der Waals surface area (Å²) in [6.07, 6.45) is 3.55. The number of carbonyl (C=O) groups excluding carboxylic acids is 1. The quantitative estimate of drug-likeness (QED) is 0.366. The first-order chi connectivity index (χ1) is 15.9. The fourth-order valence-corrected chi connectivity index (χ4v) is 3.44. The van der Waals surface area contributed by atoms with Gasteiger partial charge in [0.05, 0.1) is 18.8 Å². The fourth-order valence-electron chi connectivity index (χ4n) is 3.44. The van der Waals surface area contributed by atoms with E-state index in [1.54, 1.807) is 24.3 Å². The van der Waals surface area contributed by atoms with Crippen LogP contribution in [-0.4, -0.2) is 49.0 Å². The van der Waals surface area contributed by atoms with Gasteiger partial charge in [-0.1, -0.05) is 32.8 Å². The van der Waals surface area contributed by atoms with Crippen molar-refractivity contribution in [3.05, 3.63) is 47.0 Å². The van der Waals surface area contributed by atoms with E-state index in [0.29, 0.717) is 55.3 Å². The third kappa shape index (κ3) is 7.30. The van der Waals surface area contributed by atoms with Crippen LogP contribution in [0.1, 0.15) is 54.6 Å². The minimum atomic E-state index is -1.03. The molecule has 180 valence electrons. The van der Waals surface area contributed by atoms with Crippen molar-refractivity contribution in [2.24, 2.45) is 0 Å². The Morgan fingerprint density at radius 3 is 2.03 bits per heavy atom. The zero-order valence-corrected chi connectivity index (χ0v) is 19.5. The Kier molecular flexibility index (Phi) is 10.3. The van der Waals surface area contributed by atoms with Crippen molar-refractivity contribution in [3.63, 3.8) is 0 Å². The molecule has 0 radical (unpaired) electrons. The van der Waals surface area contributed by atoms with Gasteiger partial charge in [-0.2, -0.15) is 0 Å². The maximum absolute atomic E-state index is 11.9. The number of benzene rings is 2. The molecule has 0 atom stereocenters. The summed E-state index contributed by atoms with van der Waals surface area (Å²) in [5.41, 5.74) is 1.69. The number of rotatable bonds is 14. The van der Waals surface area contributed by atoms with E-state index < -0.39 is 12.6 Å². The van der Waals surface area contributed by atoms with Crippen LogP contribution in [0, 0.1) is 0 Å². The number of aromatic hydroxyl groups is 1. The minimum Gasteiger partial charge on any atom is -0.507 e. The second-order valence-electron chi connectivity index (χ2n) is 7.48. The van der Waals surface area contributed by atoms with Gasteiger partial charge in [0, 0.05) is 24.6 Å². The molecule has 8 heteroatoms. The molecule has 2 aromatic carbocycles. The predicted molar refractivity (Wildman–Crippen MR) is 125 cm³/mol. The van der Waals surface area contributed by atoms with Crippen molar-refractivity contribution < 1.29 is 34.0 Å². The van der Waals surface area contributed by atoms with Gasteiger partial charge in [0.2, 0.25) is 0 Å². The number of carbonyl (C=O) groups is 2. The second kappa shape index (κ2) is 13.2. The number of nitrogens with one attached hydrogen (secondary N) is 1. The maximum Gasteiger partial charge on any atom is 0.341 e. The normalized spacial score (nSPS) is 10.5. The lowest BCUT2D eigenvalue weighted by molar-refractivity contribution is -0.139. The number of phenols is 1. The molecular weight excluding hydrogens is 426 g/mol. The van der Waals surface area contributed by atoms with Gasteiger partial charge >= 0.3 is 5.97 Å². The third-order valence-corrected chi connectivity index (χ3v) is 4.96. The Labute approximate surface area is 194 Å². The molecule has 2 aromatic rings. The summed E-state index contributed by atoms with van der Waals surface area (Å²) in [5.74, 6) is 0.313. The summed E-state index contributed by atoms with van der Waals surface area (Å²) < 4.78 is 17.2. The van der Waals surface area contributed by atoms with Gasteiger partial charge < -0.3 is 29.7 Å². The van der Waals surface area contributed by atoms with Crippen LogP contribution in [0.15, 0.2) is 30.3 Å². The molecule has 0 saturated heterocycles. The first-order valence-electron chi connectivity index (χ1n) is 11.2. The highest BCUT2D eigenvalue weighted by Gasteiger charge is 2.17. The smallest absolute Gasteiger partial charge is 0.341 e. The monoisotopic (exact) mass is 459 g/mol. The highest BCUT2D eigenvalue weighted by Crippen LogP contribution is 2.33. The zero-order chi connectivity index (χ0) is 24.2. The van der Waals surface area contributed by atoms with E-state index >= 15 is 0 Å². The molecule has 0 bridgehead atoms. The molecule has 0 unspecified atom stereocenters. The van der Waals surface area contributed by atoms with E-state index in [-0.39, 0.29) is 17.2 Å². The van der Waals surface area contributed by atoms with Crippen LogP contribution >= 0.6 is 0 Å². The number of ether oxygens (including phenoxy) is 3. The molecule has 0 aromatic heterocycles. The average Bonchev–Trinajstić information content (AvgIpc) is 2.80. The van der Waals surface area contributed by atoms with Crippen LogP contribution in [0.5, 0.6) is 23.0 Å². The molecule has 1 amide bonds. The van der Waals surface area contributed by atoms with E-state index in [0.717, 1.165) is 18.4 Å². The Bertz CT molecular complexity index is 943. The molecule has 0 aliphatic carbocycles. The van der Waals surface area contributed by atoms with E-state index in [4.69, 9.17) is 19.3 Å². The Hall–Kier alpha value is -3.42. The standard InChI is InChI=1S/C25H33NO7/c1-4-8-17-20(10-6-11-21(17)33-16-23(27)28)31-14-7-15-32-22-13-12-19(25(30)26-3)24(29)18(22)9-5-2/h6,10-13,29H,4-5,7-9,14-16H2,1-3H3,(H,26,30)(H,27,28). The van der Waals surface area contributed by atoms with E-state index in [1.807, 2.05) is 19.9 Å². The lowest BCUT2D eigenvalue weighted by Gasteiger charge is -2.16. The van der Waals surface area contributed by atoms with Gasteiger partial charge in [-0.25, -0.2) is 4.79 Å². The molecular formula is C25H33NO7. The van der Waals surface area contributed by atoms with E-state index in [2.05, 4.69) is 5.32 Å². The van der Waals surface area contributed by atoms with Crippen molar-refractivity contribution in [2.75, 3.05) is 26.9 Å². The molecule has 3 N–H and O–H groups in total. The molecule has 2 rings (SSSR count). The van der Waals surface area contributed by atoms with E-state index in [9.17, 15) is 14.7 Å². The number of carboxylic acid groups (broad SMARTS) is 1. The summed E-state index contributed by atoms with van der Waals surface area (Å²) in [7, 11) is 1.52. The summed E-state index contributed by atoms with van der Waals surface area (Å²) >= 11 is 0. The second-order valence-corrected chi connectivity index (χ2v) is 7.48. The number of hydrogen-bond acceptors (Lipinski definition) is 6. The predicted octanol–water partition coefficient (Wildman–Crippen LogP) is 3.97. The van der Waals surface area contributed by atoms with Crippen LogP contribution < -0.4 is 19.5 Å². The molecule has 0 spiro atoms. The van der Waals surface area contributed by atoms with Gasteiger partial charge in [0.15, 0.2) is 6.61 Å². The van der Waals surface area contributed by atoms with E-state index in [1.165, 1.54) is 7.05 Å². The van der Waals surface area contributed by atoms with Crippen molar-refractivity contribution in [2.45, 2.75) is 46.0 Å². The van der Waals surface area contributed by atoms with Gasteiger partial charge in [0.1, 0.15) is 23.0 Å². The molecule has 0 heterocycles. The van der Waals surface area contributed by atoms with Crippen LogP contribution in [0.2, 0.25) is 0 Å². The maximum atomic E-state index is 11.9. The first-order valence-corrected chi connectivity index (χ1v) is 11.2. The number of phenolic OH excluding ortho intramolecular Hbond substituents is 1. The van der Waals surface area contributed by atoms with Crippen LogP contribution in [0.25, 0.3) is 0 Å². The van der Waals surface area contributed by atoms with Crippen molar-refractivity contribution in [3.8, 4) is 23.0 Å². The van der Waals surface area contributed by atoms with Gasteiger partial charge in [-0.15, -0.1) is 0 Å². The lowest BCUT2D eigenvalue weighted by atomic mass is 10.0. The van der Waals surface area contributed by atoms with Crippen molar-refractivity contribution in [1.29, 1.82) is 0 Å². The summed E-state index contributed by atoms with van der Waals surface area (Å²) in [4.78, 5) is 22.8. The molecule has 0 aliphatic rings. The largest absolute Gasteiger partial charge is 0.507 e. The number of hydrogen-bond donors (Lipinski definition) is 3. The average molecular weight is 460 g/mol. The number of aliphatic carboxylic acids is 1. The molecule has 0 fully saturated rings. The van der Waals surface area contributed by atoms with Crippen molar-refractivity contribution >= 4 is 11.9 Å². The SMILES string of the molecule is CCCc1c(OCCCOc2ccc(C(=O)NC)c(O)c2CCC)cccc1OCC(=O)O. The fraction of sp³-hybridized carbons (Fsp3) is 0.440. The third-order valence-electron chi connectivity index (χ3n) is 4.96.